The molecule has 0 unspecified atom stereocenters. The molecule has 2 aromatic carbocycles. The Bertz CT molecular complexity index is 1650. The highest BCUT2D eigenvalue weighted by Crippen LogP contribution is 2.36. The van der Waals surface area contributed by atoms with Gasteiger partial charge in [0.25, 0.3) is 5.91 Å². The topological polar surface area (TPSA) is 99.9 Å². The van der Waals surface area contributed by atoms with E-state index in [0.717, 1.165) is 58.5 Å². The zero-order chi connectivity index (χ0) is 25.9. The molecule has 0 atom stereocenters. The van der Waals surface area contributed by atoms with Crippen molar-refractivity contribution >= 4 is 33.0 Å². The molecular formula is C28H28N6O3S. The van der Waals surface area contributed by atoms with Gasteiger partial charge in [-0.25, -0.2) is 12.9 Å². The minimum Gasteiger partial charge on any atom is -0.331 e. The first kappa shape index (κ1) is 23.4. The summed E-state index contributed by atoms with van der Waals surface area (Å²) in [5.41, 5.74) is 6.61. The molecule has 0 radical (unpaired) electrons. The third-order valence-electron chi connectivity index (χ3n) is 7.65. The summed E-state index contributed by atoms with van der Waals surface area (Å²) in [5.74, 6) is 1.11. The van der Waals surface area contributed by atoms with E-state index in [1.54, 1.807) is 4.52 Å². The van der Waals surface area contributed by atoms with Crippen molar-refractivity contribution in [3.8, 4) is 11.1 Å². The van der Waals surface area contributed by atoms with Crippen LogP contribution in [0.15, 0.2) is 60.8 Å². The number of hydrogen-bond acceptors (Lipinski definition) is 7. The number of rotatable bonds is 6. The fourth-order valence-corrected chi connectivity index (χ4v) is 6.65. The number of carbonyl (C=O) groups excluding carboxylic acids is 1. The van der Waals surface area contributed by atoms with Gasteiger partial charge in [0, 0.05) is 55.2 Å². The van der Waals surface area contributed by atoms with Gasteiger partial charge in [-0.1, -0.05) is 24.3 Å². The van der Waals surface area contributed by atoms with E-state index < -0.39 is 9.84 Å². The van der Waals surface area contributed by atoms with Gasteiger partial charge in [-0.2, -0.15) is 4.98 Å². The number of hydrogen-bond donors (Lipinski definition) is 1. The van der Waals surface area contributed by atoms with Crippen LogP contribution in [-0.2, 0) is 22.9 Å². The van der Waals surface area contributed by atoms with Crippen LogP contribution in [0.4, 0.5) is 11.6 Å². The molecule has 4 aromatic rings. The minimum atomic E-state index is -2.88. The van der Waals surface area contributed by atoms with Gasteiger partial charge in [0.2, 0.25) is 5.95 Å². The maximum atomic E-state index is 12.6. The monoisotopic (exact) mass is 528 g/mol. The minimum absolute atomic E-state index is 0.138. The first-order chi connectivity index (χ1) is 18.4. The van der Waals surface area contributed by atoms with E-state index >= 15 is 0 Å². The Morgan fingerprint density at radius 1 is 0.974 bits per heavy atom. The van der Waals surface area contributed by atoms with Crippen LogP contribution in [0, 0.1) is 0 Å². The summed E-state index contributed by atoms with van der Waals surface area (Å²) in [6, 6.07) is 18.6. The lowest BCUT2D eigenvalue weighted by Crippen LogP contribution is -2.39. The molecule has 10 heteroatoms. The summed E-state index contributed by atoms with van der Waals surface area (Å²) >= 11 is 0. The van der Waals surface area contributed by atoms with Crippen molar-refractivity contribution in [3.05, 3.63) is 77.5 Å². The number of amides is 1. The molecule has 7 rings (SSSR count). The number of pyridine rings is 1. The highest BCUT2D eigenvalue weighted by Gasteiger charge is 2.38. The van der Waals surface area contributed by atoms with Crippen LogP contribution in [0.2, 0.25) is 0 Å². The number of anilines is 2. The maximum Gasteiger partial charge on any atom is 0.254 e. The normalized spacial score (nSPS) is 19.2. The Balaban J connectivity index is 1.09. The SMILES string of the molecule is O=C1c2ccc(Nc3nc4c(-c5ccc(CN6CCS(=O)(=O)CC6)cc5)cccn4n3)cc2CN1C1CC1. The number of sulfone groups is 1. The van der Waals surface area contributed by atoms with Gasteiger partial charge < -0.3 is 10.2 Å². The second-order valence-corrected chi connectivity index (χ2v) is 12.7. The van der Waals surface area contributed by atoms with Gasteiger partial charge in [-0.15, -0.1) is 5.10 Å². The fraction of sp³-hybridized carbons (Fsp3) is 0.321. The molecule has 1 N–H and O–H groups in total. The maximum absolute atomic E-state index is 12.6. The van der Waals surface area contributed by atoms with Crippen molar-refractivity contribution in [3.63, 3.8) is 0 Å². The Labute approximate surface area is 221 Å². The average Bonchev–Trinajstić information content (AvgIpc) is 3.59. The number of fused-ring (bicyclic) bond motifs is 2. The van der Waals surface area contributed by atoms with E-state index in [1.165, 1.54) is 0 Å². The molecule has 1 saturated heterocycles. The van der Waals surface area contributed by atoms with E-state index in [4.69, 9.17) is 4.98 Å². The predicted octanol–water partition coefficient (Wildman–Crippen LogP) is 3.49. The molecule has 4 heterocycles. The summed E-state index contributed by atoms with van der Waals surface area (Å²) in [7, 11) is -2.88. The van der Waals surface area contributed by atoms with E-state index in [9.17, 15) is 13.2 Å². The van der Waals surface area contributed by atoms with Crippen molar-refractivity contribution in [2.45, 2.75) is 32.0 Å². The van der Waals surface area contributed by atoms with E-state index in [2.05, 4.69) is 39.6 Å². The smallest absolute Gasteiger partial charge is 0.254 e. The number of carbonyl (C=O) groups is 1. The predicted molar refractivity (Wildman–Crippen MR) is 145 cm³/mol. The molecule has 0 spiro atoms. The van der Waals surface area contributed by atoms with Gasteiger partial charge in [-0.05, 0) is 59.9 Å². The zero-order valence-electron chi connectivity index (χ0n) is 20.9. The lowest BCUT2D eigenvalue weighted by Gasteiger charge is -2.26. The van der Waals surface area contributed by atoms with Gasteiger partial charge in [0.15, 0.2) is 15.5 Å². The molecule has 2 aliphatic heterocycles. The Morgan fingerprint density at radius 2 is 1.76 bits per heavy atom. The van der Waals surface area contributed by atoms with Crippen molar-refractivity contribution in [2.75, 3.05) is 29.9 Å². The largest absolute Gasteiger partial charge is 0.331 e. The summed E-state index contributed by atoms with van der Waals surface area (Å²) in [6.45, 7) is 2.57. The second-order valence-electron chi connectivity index (χ2n) is 10.4. The summed E-state index contributed by atoms with van der Waals surface area (Å²) < 4.78 is 25.2. The van der Waals surface area contributed by atoms with Crippen LogP contribution >= 0.6 is 0 Å². The molecule has 194 valence electrons. The number of nitrogens with one attached hydrogen (secondary N) is 1. The molecule has 1 saturated carbocycles. The van der Waals surface area contributed by atoms with Crippen LogP contribution in [0.5, 0.6) is 0 Å². The van der Waals surface area contributed by atoms with Crippen LogP contribution in [0.1, 0.15) is 34.3 Å². The quantitative estimate of drug-likeness (QED) is 0.409. The van der Waals surface area contributed by atoms with Crippen molar-refractivity contribution in [1.29, 1.82) is 0 Å². The summed E-state index contributed by atoms with van der Waals surface area (Å²) in [6.07, 6.45) is 4.09. The molecular weight excluding hydrogens is 500 g/mol. The van der Waals surface area contributed by atoms with Gasteiger partial charge in [0.05, 0.1) is 11.5 Å². The van der Waals surface area contributed by atoms with Crippen LogP contribution < -0.4 is 5.32 Å². The van der Waals surface area contributed by atoms with Crippen molar-refractivity contribution < 1.29 is 13.2 Å². The van der Waals surface area contributed by atoms with Crippen molar-refractivity contribution in [2.24, 2.45) is 0 Å². The lowest BCUT2D eigenvalue weighted by atomic mass is 10.0. The highest BCUT2D eigenvalue weighted by molar-refractivity contribution is 7.91. The third kappa shape index (κ3) is 4.43. The van der Waals surface area contributed by atoms with Crippen LogP contribution in [0.3, 0.4) is 0 Å². The number of nitrogens with zero attached hydrogens (tertiary/aromatic N) is 5. The number of aromatic nitrogens is 3. The van der Waals surface area contributed by atoms with E-state index in [0.29, 0.717) is 31.6 Å². The lowest BCUT2D eigenvalue weighted by molar-refractivity contribution is 0.0766. The highest BCUT2D eigenvalue weighted by atomic mass is 32.2. The fourth-order valence-electron chi connectivity index (χ4n) is 5.37. The molecule has 2 fully saturated rings. The molecule has 2 aromatic heterocycles. The second kappa shape index (κ2) is 8.92. The van der Waals surface area contributed by atoms with Gasteiger partial charge >= 0.3 is 0 Å². The zero-order valence-corrected chi connectivity index (χ0v) is 21.7. The Kier molecular flexibility index (Phi) is 5.48. The van der Waals surface area contributed by atoms with Crippen molar-refractivity contribution in [1.82, 2.24) is 24.4 Å². The summed E-state index contributed by atoms with van der Waals surface area (Å²) in [5, 5.41) is 7.94. The Morgan fingerprint density at radius 3 is 2.53 bits per heavy atom. The van der Waals surface area contributed by atoms with Crippen LogP contribution in [-0.4, -0.2) is 69.4 Å². The number of benzene rings is 2. The molecule has 9 nitrogen and oxygen atoms in total. The molecule has 38 heavy (non-hydrogen) atoms. The third-order valence-corrected chi connectivity index (χ3v) is 9.26. The molecule has 0 bridgehead atoms. The molecule has 1 amide bonds. The summed E-state index contributed by atoms with van der Waals surface area (Å²) in [4.78, 5) is 21.6. The van der Waals surface area contributed by atoms with Gasteiger partial charge in [-0.3, -0.25) is 9.69 Å². The standard InChI is InChI=1S/C28H28N6O3S/c35-27-25-10-7-22(16-21(25)18-33(27)23-8-9-23)29-28-30-26-24(2-1-11-34(26)31-28)20-5-3-19(4-6-20)17-32-12-14-38(36,37)15-13-32/h1-7,10-11,16,23H,8-9,12-15,17-18H2,(H,29,31). The molecule has 3 aliphatic rings. The van der Waals surface area contributed by atoms with Gasteiger partial charge in [0.1, 0.15) is 0 Å². The van der Waals surface area contributed by atoms with E-state index in [-0.39, 0.29) is 17.4 Å². The average molecular weight is 529 g/mol. The van der Waals surface area contributed by atoms with E-state index in [1.807, 2.05) is 41.4 Å². The first-order valence-electron chi connectivity index (χ1n) is 13.0. The molecule has 1 aliphatic carbocycles. The Hall–Kier alpha value is -3.76. The van der Waals surface area contributed by atoms with Crippen LogP contribution in [0.25, 0.3) is 16.8 Å². The first-order valence-corrected chi connectivity index (χ1v) is 14.8.